The van der Waals surface area contributed by atoms with Crippen LogP contribution < -0.4 is 9.62 Å². The number of phenolic OH excluding ortho intramolecular Hbond substituents is 1. The number of rotatable bonds is 6. The second-order valence-corrected chi connectivity index (χ2v) is 10.2. The van der Waals surface area contributed by atoms with E-state index in [4.69, 9.17) is 0 Å². The molecule has 10 heteroatoms. The number of piperazine rings is 1. The van der Waals surface area contributed by atoms with Gasteiger partial charge in [-0.05, 0) is 53.4 Å². The molecule has 9 nitrogen and oxygen atoms in total. The van der Waals surface area contributed by atoms with Gasteiger partial charge in [-0.25, -0.2) is 13.1 Å². The maximum atomic E-state index is 11.9. The molecule has 0 spiro atoms. The molecule has 1 saturated heterocycles. The lowest BCUT2D eigenvalue weighted by molar-refractivity contribution is 0.0976. The number of carbonyl (C=O) groups excluding carboxylic acids is 1. The second kappa shape index (κ2) is 9.78. The summed E-state index contributed by atoms with van der Waals surface area (Å²) in [6, 6.07) is 16.9. The molecule has 34 heavy (non-hydrogen) atoms. The van der Waals surface area contributed by atoms with Gasteiger partial charge in [0.05, 0.1) is 6.26 Å². The van der Waals surface area contributed by atoms with Crippen LogP contribution in [0.4, 0.5) is 5.82 Å². The number of hydrogen-bond acceptors (Lipinski definition) is 8. The van der Waals surface area contributed by atoms with Gasteiger partial charge in [0.15, 0.2) is 11.5 Å². The van der Waals surface area contributed by atoms with Crippen molar-refractivity contribution in [1.82, 2.24) is 19.8 Å². The van der Waals surface area contributed by atoms with Crippen molar-refractivity contribution in [2.75, 3.05) is 37.3 Å². The molecule has 0 aliphatic carbocycles. The fourth-order valence-corrected chi connectivity index (χ4v) is 4.49. The van der Waals surface area contributed by atoms with Crippen LogP contribution in [-0.4, -0.2) is 67.0 Å². The fraction of sp³-hybridized carbons (Fsp3) is 0.292. The van der Waals surface area contributed by atoms with E-state index in [-0.39, 0.29) is 11.4 Å². The van der Waals surface area contributed by atoms with E-state index in [1.807, 2.05) is 16.9 Å². The summed E-state index contributed by atoms with van der Waals surface area (Å²) >= 11 is 0. The van der Waals surface area contributed by atoms with Crippen LogP contribution in [0.1, 0.15) is 21.6 Å². The SMILES string of the molecule is Cc1cc(CN2CCN(c3ccc(C(=O)NS(C)(=O)=O)nn3)CC2)ccc1-c1cccc(O)c1. The van der Waals surface area contributed by atoms with Gasteiger partial charge in [0.25, 0.3) is 5.91 Å². The number of aromatic hydroxyl groups is 1. The molecule has 2 aromatic carbocycles. The van der Waals surface area contributed by atoms with Crippen LogP contribution in [0.5, 0.6) is 5.75 Å². The van der Waals surface area contributed by atoms with E-state index in [2.05, 4.69) is 45.1 Å². The molecule has 1 amide bonds. The molecule has 0 bridgehead atoms. The van der Waals surface area contributed by atoms with Crippen molar-refractivity contribution in [3.63, 3.8) is 0 Å². The normalized spacial score (nSPS) is 14.7. The molecule has 0 atom stereocenters. The van der Waals surface area contributed by atoms with Crippen LogP contribution in [0.2, 0.25) is 0 Å². The number of carbonyl (C=O) groups is 1. The zero-order valence-corrected chi connectivity index (χ0v) is 19.9. The first-order chi connectivity index (χ1) is 16.2. The van der Waals surface area contributed by atoms with E-state index >= 15 is 0 Å². The molecule has 1 aromatic heterocycles. The summed E-state index contributed by atoms with van der Waals surface area (Å²) in [6.07, 6.45) is 0.914. The lowest BCUT2D eigenvalue weighted by Gasteiger charge is -2.35. The Kier molecular flexibility index (Phi) is 6.80. The molecule has 3 aromatic rings. The Labute approximate surface area is 199 Å². The van der Waals surface area contributed by atoms with Gasteiger partial charge in [-0.1, -0.05) is 30.3 Å². The van der Waals surface area contributed by atoms with Crippen molar-refractivity contribution < 1.29 is 18.3 Å². The minimum Gasteiger partial charge on any atom is -0.508 e. The average molecular weight is 482 g/mol. The Morgan fingerprint density at radius 3 is 2.41 bits per heavy atom. The minimum atomic E-state index is -3.65. The number of aromatic nitrogens is 2. The van der Waals surface area contributed by atoms with Gasteiger partial charge in [0.2, 0.25) is 10.0 Å². The third-order valence-electron chi connectivity index (χ3n) is 5.71. The Morgan fingerprint density at radius 2 is 1.79 bits per heavy atom. The van der Waals surface area contributed by atoms with Crippen molar-refractivity contribution in [3.05, 3.63) is 71.4 Å². The lowest BCUT2D eigenvalue weighted by Crippen LogP contribution is -2.46. The molecule has 1 aliphatic heterocycles. The fourth-order valence-electron chi connectivity index (χ4n) is 4.05. The van der Waals surface area contributed by atoms with Gasteiger partial charge in [0, 0.05) is 32.7 Å². The number of sulfonamides is 1. The number of aryl methyl sites for hydroxylation is 1. The van der Waals surface area contributed by atoms with Gasteiger partial charge < -0.3 is 10.0 Å². The molecule has 0 unspecified atom stereocenters. The highest BCUT2D eigenvalue weighted by atomic mass is 32.2. The molecule has 0 saturated carbocycles. The third kappa shape index (κ3) is 5.89. The highest BCUT2D eigenvalue weighted by Crippen LogP contribution is 2.27. The molecule has 2 heterocycles. The summed E-state index contributed by atoms with van der Waals surface area (Å²) in [4.78, 5) is 16.4. The Hall–Kier alpha value is -3.50. The highest BCUT2D eigenvalue weighted by molar-refractivity contribution is 7.89. The van der Waals surface area contributed by atoms with E-state index < -0.39 is 15.9 Å². The van der Waals surface area contributed by atoms with Crippen molar-refractivity contribution in [2.24, 2.45) is 0 Å². The first-order valence-electron chi connectivity index (χ1n) is 10.9. The number of hydrogen-bond donors (Lipinski definition) is 2. The van der Waals surface area contributed by atoms with Crippen molar-refractivity contribution in [2.45, 2.75) is 13.5 Å². The maximum absolute atomic E-state index is 11.9. The van der Waals surface area contributed by atoms with E-state index in [0.29, 0.717) is 5.82 Å². The van der Waals surface area contributed by atoms with E-state index in [1.54, 1.807) is 18.2 Å². The zero-order valence-electron chi connectivity index (χ0n) is 19.1. The maximum Gasteiger partial charge on any atom is 0.285 e. The topological polar surface area (TPSA) is 116 Å². The highest BCUT2D eigenvalue weighted by Gasteiger charge is 2.20. The van der Waals surface area contributed by atoms with Gasteiger partial charge in [-0.15, -0.1) is 10.2 Å². The molecule has 1 fully saturated rings. The summed E-state index contributed by atoms with van der Waals surface area (Å²) in [7, 11) is -3.65. The summed E-state index contributed by atoms with van der Waals surface area (Å²) in [5.74, 6) is 0.119. The predicted octanol–water partition coefficient (Wildman–Crippen LogP) is 2.17. The van der Waals surface area contributed by atoms with Gasteiger partial charge in [-0.2, -0.15) is 0 Å². The predicted molar refractivity (Wildman–Crippen MR) is 130 cm³/mol. The van der Waals surface area contributed by atoms with Crippen molar-refractivity contribution in [1.29, 1.82) is 0 Å². The smallest absolute Gasteiger partial charge is 0.285 e. The first-order valence-corrected chi connectivity index (χ1v) is 12.8. The Bertz CT molecular complexity index is 1290. The standard InChI is InChI=1S/C24H27N5O4S/c1-17-14-18(6-7-21(17)19-4-3-5-20(30)15-19)16-28-10-12-29(13-11-28)23-9-8-22(25-26-23)24(31)27-34(2,32)33/h3-9,14-15,30H,10-13,16H2,1-2H3,(H,27,31). The van der Waals surface area contributed by atoms with Gasteiger partial charge in [-0.3, -0.25) is 9.69 Å². The largest absolute Gasteiger partial charge is 0.508 e. The number of nitrogens with one attached hydrogen (secondary N) is 1. The Balaban J connectivity index is 1.33. The van der Waals surface area contributed by atoms with E-state index in [9.17, 15) is 18.3 Å². The molecule has 178 valence electrons. The summed E-state index contributed by atoms with van der Waals surface area (Å²) in [5.41, 5.74) is 4.46. The zero-order chi connectivity index (χ0) is 24.3. The molecule has 1 aliphatic rings. The molecule has 2 N–H and O–H groups in total. The average Bonchev–Trinajstić information content (AvgIpc) is 2.79. The second-order valence-electron chi connectivity index (χ2n) is 8.44. The van der Waals surface area contributed by atoms with Crippen LogP contribution >= 0.6 is 0 Å². The first kappa shape index (κ1) is 23.7. The van der Waals surface area contributed by atoms with Crippen LogP contribution in [0, 0.1) is 6.92 Å². The summed E-state index contributed by atoms with van der Waals surface area (Å²) < 4.78 is 24.3. The van der Waals surface area contributed by atoms with E-state index in [1.165, 1.54) is 11.6 Å². The van der Waals surface area contributed by atoms with Crippen molar-refractivity contribution in [3.8, 4) is 16.9 Å². The Morgan fingerprint density at radius 1 is 1.03 bits per heavy atom. The molecular formula is C24H27N5O4S. The molecule has 4 rings (SSSR count). The number of phenols is 1. The summed E-state index contributed by atoms with van der Waals surface area (Å²) in [6.45, 7) is 6.16. The number of benzene rings is 2. The van der Waals surface area contributed by atoms with Crippen LogP contribution in [0.15, 0.2) is 54.6 Å². The van der Waals surface area contributed by atoms with Crippen LogP contribution in [0.25, 0.3) is 11.1 Å². The third-order valence-corrected chi connectivity index (χ3v) is 6.27. The molecule has 0 radical (unpaired) electrons. The molecular weight excluding hydrogens is 454 g/mol. The van der Waals surface area contributed by atoms with Crippen LogP contribution in [-0.2, 0) is 16.6 Å². The number of amides is 1. The summed E-state index contributed by atoms with van der Waals surface area (Å²) in [5, 5.41) is 17.7. The number of anilines is 1. The lowest BCUT2D eigenvalue weighted by atomic mass is 9.98. The minimum absolute atomic E-state index is 0.0441. The van der Waals surface area contributed by atoms with Gasteiger partial charge in [0.1, 0.15) is 5.75 Å². The van der Waals surface area contributed by atoms with Crippen molar-refractivity contribution >= 4 is 21.7 Å². The quantitative estimate of drug-likeness (QED) is 0.550. The van der Waals surface area contributed by atoms with E-state index in [0.717, 1.165) is 55.7 Å². The van der Waals surface area contributed by atoms with Gasteiger partial charge >= 0.3 is 0 Å². The monoisotopic (exact) mass is 481 g/mol. The number of nitrogens with zero attached hydrogens (tertiary/aromatic N) is 4. The van der Waals surface area contributed by atoms with Crippen LogP contribution in [0.3, 0.4) is 0 Å².